The summed E-state index contributed by atoms with van der Waals surface area (Å²) < 4.78 is 10.7. The van der Waals surface area contributed by atoms with Crippen molar-refractivity contribution in [3.8, 4) is 0 Å². The molecular weight excluding hydrogens is 190 g/mol. The second kappa shape index (κ2) is 8.08. The summed E-state index contributed by atoms with van der Waals surface area (Å²) in [5.41, 5.74) is 0. The third-order valence-corrected chi connectivity index (χ3v) is 2.97. The average molecular weight is 215 g/mol. The van der Waals surface area contributed by atoms with E-state index in [2.05, 4.69) is 12.2 Å². The summed E-state index contributed by atoms with van der Waals surface area (Å²) in [5.74, 6) is 0. The maximum Gasteiger partial charge on any atom is 0.0590 e. The van der Waals surface area contributed by atoms with Crippen molar-refractivity contribution < 1.29 is 9.47 Å². The summed E-state index contributed by atoms with van der Waals surface area (Å²) in [7, 11) is 1.77. The Morgan fingerprint density at radius 1 is 1.53 bits per heavy atom. The number of ether oxygens (including phenoxy) is 2. The van der Waals surface area contributed by atoms with E-state index in [1.165, 1.54) is 19.3 Å². The van der Waals surface area contributed by atoms with Gasteiger partial charge in [0.2, 0.25) is 0 Å². The van der Waals surface area contributed by atoms with Gasteiger partial charge >= 0.3 is 0 Å². The molecule has 15 heavy (non-hydrogen) atoms. The maximum atomic E-state index is 5.66. The predicted molar refractivity (Wildman–Crippen MR) is 62.2 cm³/mol. The standard InChI is InChI=1S/C12H25NO2/c1-3-13-11(6-4-8-14-2)10-12-7-5-9-15-12/h11-13H,3-10H2,1-2H3. The minimum atomic E-state index is 0.497. The Hall–Kier alpha value is -0.120. The first-order valence-electron chi connectivity index (χ1n) is 6.20. The van der Waals surface area contributed by atoms with Crippen LogP contribution < -0.4 is 5.32 Å². The minimum absolute atomic E-state index is 0.497. The molecule has 1 aliphatic rings. The van der Waals surface area contributed by atoms with Gasteiger partial charge in [0.05, 0.1) is 6.10 Å². The van der Waals surface area contributed by atoms with Crippen LogP contribution in [0.5, 0.6) is 0 Å². The fourth-order valence-corrected chi connectivity index (χ4v) is 2.21. The van der Waals surface area contributed by atoms with E-state index in [4.69, 9.17) is 9.47 Å². The molecule has 1 saturated heterocycles. The van der Waals surface area contributed by atoms with Gasteiger partial charge in [0.1, 0.15) is 0 Å². The molecule has 0 spiro atoms. The van der Waals surface area contributed by atoms with Crippen LogP contribution in [-0.4, -0.2) is 39.0 Å². The third kappa shape index (κ3) is 5.50. The van der Waals surface area contributed by atoms with Crippen LogP contribution in [0.15, 0.2) is 0 Å². The molecule has 90 valence electrons. The lowest BCUT2D eigenvalue weighted by Crippen LogP contribution is -2.32. The van der Waals surface area contributed by atoms with Gasteiger partial charge in [0.15, 0.2) is 0 Å². The van der Waals surface area contributed by atoms with Gasteiger partial charge in [-0.3, -0.25) is 0 Å². The second-order valence-corrected chi connectivity index (χ2v) is 4.26. The van der Waals surface area contributed by atoms with Crippen molar-refractivity contribution in [3.63, 3.8) is 0 Å². The first kappa shape index (κ1) is 12.9. The van der Waals surface area contributed by atoms with Crippen LogP contribution in [0.1, 0.15) is 39.0 Å². The van der Waals surface area contributed by atoms with Crippen LogP contribution in [0.25, 0.3) is 0 Å². The second-order valence-electron chi connectivity index (χ2n) is 4.26. The zero-order valence-electron chi connectivity index (χ0n) is 10.1. The Kier molecular flexibility index (Phi) is 6.98. The highest BCUT2D eigenvalue weighted by molar-refractivity contribution is 4.74. The zero-order valence-corrected chi connectivity index (χ0v) is 10.1. The van der Waals surface area contributed by atoms with E-state index >= 15 is 0 Å². The first-order valence-corrected chi connectivity index (χ1v) is 6.20. The Morgan fingerprint density at radius 2 is 2.40 bits per heavy atom. The highest BCUT2D eigenvalue weighted by Gasteiger charge is 2.19. The number of rotatable bonds is 8. The Labute approximate surface area is 93.5 Å². The van der Waals surface area contributed by atoms with Crippen molar-refractivity contribution in [2.24, 2.45) is 0 Å². The maximum absolute atomic E-state index is 5.66. The van der Waals surface area contributed by atoms with Crippen molar-refractivity contribution in [1.82, 2.24) is 5.32 Å². The zero-order chi connectivity index (χ0) is 10.9. The molecule has 0 amide bonds. The van der Waals surface area contributed by atoms with Crippen LogP contribution in [0.4, 0.5) is 0 Å². The van der Waals surface area contributed by atoms with Gasteiger partial charge in [-0.2, -0.15) is 0 Å². The van der Waals surface area contributed by atoms with Crippen LogP contribution in [0, 0.1) is 0 Å². The lowest BCUT2D eigenvalue weighted by atomic mass is 10.0. The Morgan fingerprint density at radius 3 is 3.00 bits per heavy atom. The van der Waals surface area contributed by atoms with Gasteiger partial charge in [0, 0.05) is 26.4 Å². The number of hydrogen-bond acceptors (Lipinski definition) is 3. The van der Waals surface area contributed by atoms with E-state index in [1.807, 2.05) is 0 Å². The number of methoxy groups -OCH3 is 1. The molecule has 0 bridgehead atoms. The fourth-order valence-electron chi connectivity index (χ4n) is 2.21. The molecule has 1 heterocycles. The molecule has 3 heteroatoms. The summed E-state index contributed by atoms with van der Waals surface area (Å²) in [6, 6.07) is 0.605. The van der Waals surface area contributed by atoms with Crippen LogP contribution in [0.2, 0.25) is 0 Å². The first-order chi connectivity index (χ1) is 7.36. The van der Waals surface area contributed by atoms with Gasteiger partial charge in [-0.05, 0) is 38.6 Å². The third-order valence-electron chi connectivity index (χ3n) is 2.97. The molecule has 0 aliphatic carbocycles. The lowest BCUT2D eigenvalue weighted by Gasteiger charge is -2.20. The average Bonchev–Trinajstić information content (AvgIpc) is 2.71. The molecule has 1 fully saturated rings. The molecule has 0 saturated carbocycles. The molecule has 0 aromatic rings. The van der Waals surface area contributed by atoms with Crippen molar-refractivity contribution in [2.45, 2.75) is 51.2 Å². The number of hydrogen-bond donors (Lipinski definition) is 1. The fraction of sp³-hybridized carbons (Fsp3) is 1.00. The minimum Gasteiger partial charge on any atom is -0.385 e. The topological polar surface area (TPSA) is 30.5 Å². The molecule has 0 aromatic heterocycles. The molecule has 1 rings (SSSR count). The van der Waals surface area contributed by atoms with E-state index in [0.29, 0.717) is 12.1 Å². The van der Waals surface area contributed by atoms with Crippen molar-refractivity contribution >= 4 is 0 Å². The quantitative estimate of drug-likeness (QED) is 0.628. The van der Waals surface area contributed by atoms with Gasteiger partial charge in [-0.25, -0.2) is 0 Å². The lowest BCUT2D eigenvalue weighted by molar-refractivity contribution is 0.0920. The molecule has 0 radical (unpaired) electrons. The normalized spacial score (nSPS) is 23.2. The molecule has 1 N–H and O–H groups in total. The number of nitrogens with one attached hydrogen (secondary N) is 1. The van der Waals surface area contributed by atoms with Crippen molar-refractivity contribution in [3.05, 3.63) is 0 Å². The smallest absolute Gasteiger partial charge is 0.0590 e. The molecular formula is C12H25NO2. The van der Waals surface area contributed by atoms with Gasteiger partial charge in [0.25, 0.3) is 0 Å². The largest absolute Gasteiger partial charge is 0.385 e. The SMILES string of the molecule is CCNC(CCCOC)CC1CCCO1. The van der Waals surface area contributed by atoms with Gasteiger partial charge in [-0.1, -0.05) is 6.92 Å². The van der Waals surface area contributed by atoms with Crippen LogP contribution in [0.3, 0.4) is 0 Å². The highest BCUT2D eigenvalue weighted by atomic mass is 16.5. The van der Waals surface area contributed by atoms with Crippen LogP contribution in [-0.2, 0) is 9.47 Å². The molecule has 2 atom stereocenters. The summed E-state index contributed by atoms with van der Waals surface area (Å²) >= 11 is 0. The van der Waals surface area contributed by atoms with Crippen molar-refractivity contribution in [1.29, 1.82) is 0 Å². The Balaban J connectivity index is 2.16. The van der Waals surface area contributed by atoms with E-state index in [1.54, 1.807) is 7.11 Å². The van der Waals surface area contributed by atoms with Gasteiger partial charge < -0.3 is 14.8 Å². The molecule has 1 aliphatic heterocycles. The van der Waals surface area contributed by atoms with E-state index in [9.17, 15) is 0 Å². The monoisotopic (exact) mass is 215 g/mol. The predicted octanol–water partition coefficient (Wildman–Crippen LogP) is 1.96. The van der Waals surface area contributed by atoms with Gasteiger partial charge in [-0.15, -0.1) is 0 Å². The molecule has 0 aromatic carbocycles. The molecule has 3 nitrogen and oxygen atoms in total. The van der Waals surface area contributed by atoms with E-state index in [0.717, 1.165) is 32.6 Å². The van der Waals surface area contributed by atoms with E-state index < -0.39 is 0 Å². The van der Waals surface area contributed by atoms with Crippen molar-refractivity contribution in [2.75, 3.05) is 26.9 Å². The van der Waals surface area contributed by atoms with E-state index in [-0.39, 0.29) is 0 Å². The van der Waals surface area contributed by atoms with Crippen LogP contribution >= 0.6 is 0 Å². The Bertz CT molecular complexity index is 147. The summed E-state index contributed by atoms with van der Waals surface area (Å²) in [4.78, 5) is 0. The molecule has 2 unspecified atom stereocenters. The summed E-state index contributed by atoms with van der Waals surface area (Å²) in [6.07, 6.45) is 6.48. The summed E-state index contributed by atoms with van der Waals surface area (Å²) in [6.45, 7) is 5.04. The highest BCUT2D eigenvalue weighted by Crippen LogP contribution is 2.18. The summed E-state index contributed by atoms with van der Waals surface area (Å²) in [5, 5.41) is 3.53.